The van der Waals surface area contributed by atoms with E-state index in [4.69, 9.17) is 4.74 Å². The average molecular weight is 599 g/mol. The molecule has 1 heteroatoms. The minimum absolute atomic E-state index is 0.138. The largest absolute Gasteiger partial charge is 0.461 e. The molecule has 0 N–H and O–H groups in total. The average Bonchev–Trinajstić information content (AvgIpc) is 3.53. The van der Waals surface area contributed by atoms with Crippen molar-refractivity contribution in [3.63, 3.8) is 0 Å². The maximum Gasteiger partial charge on any atom is 0.131 e. The number of rotatable bonds is 3. The van der Waals surface area contributed by atoms with Gasteiger partial charge in [0.1, 0.15) is 11.5 Å². The lowest BCUT2D eigenvalue weighted by Crippen LogP contribution is -2.12. The number of ether oxygens (including phenoxy) is 1. The first-order valence-electron chi connectivity index (χ1n) is 16.4. The lowest BCUT2D eigenvalue weighted by Gasteiger charge is -2.25. The van der Waals surface area contributed by atoms with E-state index >= 15 is 0 Å². The fraction of sp³-hybridized carbons (Fsp3) is 0.0435. The van der Waals surface area contributed by atoms with Crippen LogP contribution in [0.1, 0.15) is 23.0 Å². The summed E-state index contributed by atoms with van der Waals surface area (Å²) >= 11 is 0. The molecule has 0 spiro atoms. The zero-order chi connectivity index (χ0) is 30.9. The molecule has 1 aliphatic carbocycles. The highest BCUT2D eigenvalue weighted by Gasteiger charge is 2.38. The Morgan fingerprint density at radius 1 is 0.468 bits per heavy atom. The topological polar surface area (TPSA) is 9.23 Å². The summed E-state index contributed by atoms with van der Waals surface area (Å²) in [5.74, 6) is 2.31. The van der Waals surface area contributed by atoms with E-state index in [0.29, 0.717) is 0 Å². The highest BCUT2D eigenvalue weighted by atomic mass is 16.5. The molecule has 0 saturated carbocycles. The Hall–Kier alpha value is -5.92. The lowest BCUT2D eigenvalue weighted by atomic mass is 9.76. The SMILES string of the molecule is C1=CC(c2cccc(-c3c4ccccc4c(-c4cccc5ccccc45)c4ccccc34)c2)C2C(=C1)Oc1ccc3ccccc3c12. The molecule has 0 aromatic heterocycles. The van der Waals surface area contributed by atoms with Crippen molar-refractivity contribution in [2.75, 3.05) is 0 Å². The standard InChI is InChI=1S/C46H30O/c1-3-17-33-29(12-1)14-10-24-36(33)44-39-21-7-5-19-37(39)43(38-20-6-8-22-40(38)44)32-16-9-15-31(28-32)35-23-11-25-41-46(35)45-34-18-4-2-13-30(34)26-27-42(45)47-41/h1-28,35,46H. The second-order valence-corrected chi connectivity index (χ2v) is 12.8. The second-order valence-electron chi connectivity index (χ2n) is 12.8. The van der Waals surface area contributed by atoms with Crippen molar-refractivity contribution in [3.8, 4) is 28.0 Å². The van der Waals surface area contributed by atoms with Gasteiger partial charge in [0, 0.05) is 11.5 Å². The molecule has 1 nitrogen and oxygen atoms in total. The number of fused-ring (bicyclic) bond motifs is 8. The molecule has 8 aromatic carbocycles. The van der Waals surface area contributed by atoms with Crippen molar-refractivity contribution in [2.45, 2.75) is 11.8 Å². The van der Waals surface area contributed by atoms with Gasteiger partial charge in [-0.3, -0.25) is 0 Å². The molecule has 0 bridgehead atoms. The molecule has 2 unspecified atom stereocenters. The molecule has 0 saturated heterocycles. The van der Waals surface area contributed by atoms with Gasteiger partial charge in [-0.2, -0.15) is 0 Å². The van der Waals surface area contributed by atoms with E-state index in [-0.39, 0.29) is 11.8 Å². The molecule has 0 fully saturated rings. The predicted molar refractivity (Wildman–Crippen MR) is 197 cm³/mol. The van der Waals surface area contributed by atoms with Crippen molar-refractivity contribution in [1.29, 1.82) is 0 Å². The van der Waals surface area contributed by atoms with Crippen LogP contribution in [0.4, 0.5) is 0 Å². The Morgan fingerprint density at radius 3 is 1.81 bits per heavy atom. The fourth-order valence-electron chi connectivity index (χ4n) is 8.27. The van der Waals surface area contributed by atoms with E-state index in [1.54, 1.807) is 0 Å². The van der Waals surface area contributed by atoms with Crippen LogP contribution in [-0.4, -0.2) is 0 Å². The Kier molecular flexibility index (Phi) is 5.77. The van der Waals surface area contributed by atoms with Crippen LogP contribution in [0.2, 0.25) is 0 Å². The highest BCUT2D eigenvalue weighted by molar-refractivity contribution is 6.23. The summed E-state index contributed by atoms with van der Waals surface area (Å²) in [6.07, 6.45) is 6.67. The van der Waals surface area contributed by atoms with Gasteiger partial charge in [0.05, 0.1) is 5.92 Å². The van der Waals surface area contributed by atoms with Crippen molar-refractivity contribution in [3.05, 3.63) is 187 Å². The normalized spacial score (nSPS) is 16.7. The van der Waals surface area contributed by atoms with Gasteiger partial charge in [-0.25, -0.2) is 0 Å². The van der Waals surface area contributed by atoms with Crippen LogP contribution in [0.3, 0.4) is 0 Å². The molecule has 10 rings (SSSR count). The summed E-state index contributed by atoms with van der Waals surface area (Å²) < 4.78 is 6.50. The third kappa shape index (κ3) is 3.96. The van der Waals surface area contributed by atoms with Gasteiger partial charge in [0.15, 0.2) is 0 Å². The second kappa shape index (κ2) is 10.3. The molecule has 8 aromatic rings. The summed E-state index contributed by atoms with van der Waals surface area (Å²) in [6, 6.07) is 55.5. The van der Waals surface area contributed by atoms with Gasteiger partial charge in [-0.1, -0.05) is 158 Å². The van der Waals surface area contributed by atoms with Crippen LogP contribution in [0.15, 0.2) is 176 Å². The molecule has 1 aliphatic heterocycles. The quantitative estimate of drug-likeness (QED) is 0.184. The highest BCUT2D eigenvalue weighted by Crippen LogP contribution is 2.53. The van der Waals surface area contributed by atoms with E-state index in [9.17, 15) is 0 Å². The van der Waals surface area contributed by atoms with Crippen LogP contribution in [0.25, 0.3) is 65.3 Å². The maximum absolute atomic E-state index is 6.50. The smallest absolute Gasteiger partial charge is 0.131 e. The number of hydrogen-bond acceptors (Lipinski definition) is 1. The van der Waals surface area contributed by atoms with Crippen molar-refractivity contribution < 1.29 is 4.74 Å². The molecule has 220 valence electrons. The Labute approximate surface area is 273 Å². The van der Waals surface area contributed by atoms with Gasteiger partial charge in [-0.15, -0.1) is 0 Å². The zero-order valence-electron chi connectivity index (χ0n) is 25.7. The zero-order valence-corrected chi connectivity index (χ0v) is 25.7. The molecular formula is C46H30O. The molecule has 0 radical (unpaired) electrons. The summed E-state index contributed by atoms with van der Waals surface area (Å²) in [7, 11) is 0. The minimum atomic E-state index is 0.138. The minimum Gasteiger partial charge on any atom is -0.461 e. The predicted octanol–water partition coefficient (Wildman–Crippen LogP) is 12.3. The third-order valence-electron chi connectivity index (χ3n) is 10.3. The number of hydrogen-bond donors (Lipinski definition) is 0. The van der Waals surface area contributed by atoms with E-state index in [0.717, 1.165) is 11.5 Å². The monoisotopic (exact) mass is 598 g/mol. The van der Waals surface area contributed by atoms with Gasteiger partial charge in [-0.05, 0) is 83.0 Å². The summed E-state index contributed by atoms with van der Waals surface area (Å²) in [6.45, 7) is 0. The molecule has 2 aliphatic rings. The van der Waals surface area contributed by atoms with E-state index in [1.807, 2.05) is 0 Å². The lowest BCUT2D eigenvalue weighted by molar-refractivity contribution is 0.416. The molecule has 47 heavy (non-hydrogen) atoms. The van der Waals surface area contributed by atoms with Crippen molar-refractivity contribution >= 4 is 43.1 Å². The Morgan fingerprint density at radius 2 is 1.06 bits per heavy atom. The van der Waals surface area contributed by atoms with Crippen LogP contribution in [0.5, 0.6) is 5.75 Å². The first kappa shape index (κ1) is 26.3. The van der Waals surface area contributed by atoms with Gasteiger partial charge < -0.3 is 4.74 Å². The van der Waals surface area contributed by atoms with E-state index in [2.05, 4.69) is 170 Å². The summed E-state index contributed by atoms with van der Waals surface area (Å²) in [5, 5.41) is 10.1. The van der Waals surface area contributed by atoms with Gasteiger partial charge in [0.2, 0.25) is 0 Å². The number of allylic oxidation sites excluding steroid dienone is 4. The molecule has 2 atom stereocenters. The maximum atomic E-state index is 6.50. The Bertz CT molecular complexity index is 2560. The fourth-order valence-corrected chi connectivity index (χ4v) is 8.27. The molecule has 0 amide bonds. The van der Waals surface area contributed by atoms with Gasteiger partial charge in [0.25, 0.3) is 0 Å². The molecular weight excluding hydrogens is 569 g/mol. The van der Waals surface area contributed by atoms with Crippen molar-refractivity contribution in [1.82, 2.24) is 0 Å². The van der Waals surface area contributed by atoms with Crippen LogP contribution >= 0.6 is 0 Å². The van der Waals surface area contributed by atoms with Crippen molar-refractivity contribution in [2.24, 2.45) is 0 Å². The number of benzene rings is 8. The van der Waals surface area contributed by atoms with Crippen LogP contribution in [-0.2, 0) is 0 Å². The van der Waals surface area contributed by atoms with E-state index in [1.165, 1.54) is 76.5 Å². The molecule has 1 heterocycles. The first-order valence-corrected chi connectivity index (χ1v) is 16.4. The summed E-state index contributed by atoms with van der Waals surface area (Å²) in [4.78, 5) is 0. The van der Waals surface area contributed by atoms with Crippen LogP contribution in [0, 0.1) is 0 Å². The van der Waals surface area contributed by atoms with Gasteiger partial charge >= 0.3 is 0 Å². The third-order valence-corrected chi connectivity index (χ3v) is 10.3. The van der Waals surface area contributed by atoms with Crippen LogP contribution < -0.4 is 4.74 Å². The first-order chi connectivity index (χ1) is 23.3. The Balaban J connectivity index is 1.19. The van der Waals surface area contributed by atoms with E-state index < -0.39 is 0 Å². The summed E-state index contributed by atoms with van der Waals surface area (Å²) in [5.41, 5.74) is 7.68.